The van der Waals surface area contributed by atoms with E-state index in [0.717, 1.165) is 40.3 Å². The van der Waals surface area contributed by atoms with Crippen molar-refractivity contribution >= 4 is 45.0 Å². The summed E-state index contributed by atoms with van der Waals surface area (Å²) >= 11 is 1.57. The number of methoxy groups -OCH3 is 2. The molecule has 0 fully saturated rings. The minimum atomic E-state index is 0. The van der Waals surface area contributed by atoms with Crippen molar-refractivity contribution in [3.8, 4) is 11.5 Å². The summed E-state index contributed by atoms with van der Waals surface area (Å²) in [6.07, 6.45) is 7.50. The first-order chi connectivity index (χ1) is 16.1. The van der Waals surface area contributed by atoms with E-state index in [4.69, 9.17) is 14.5 Å². The molecular formula is C25H29ClN4O3S. The maximum atomic E-state index is 13.5. The Bertz CT molecular complexity index is 1230. The van der Waals surface area contributed by atoms with Gasteiger partial charge < -0.3 is 14.0 Å². The third-order valence-corrected chi connectivity index (χ3v) is 6.58. The fraction of sp³-hybridized carbons (Fsp3) is 0.320. The molecule has 0 atom stereocenters. The number of anilines is 1. The number of fused-ring (bicyclic) bond motifs is 1. The standard InChI is InChI=1S/C25H28N4O3S.ClH/c1-4-18-6-8-20-23(15-18)33-25(27-20)29(12-5-11-28-13-10-26-17-28)24(30)16-19-7-9-21(31-2)22(14-19)32-3;/h6-10,13-15,17H,4-5,11-12,16H2,1-3H3;1H. The summed E-state index contributed by atoms with van der Waals surface area (Å²) in [5.74, 6) is 1.26. The van der Waals surface area contributed by atoms with Gasteiger partial charge in [0.15, 0.2) is 16.6 Å². The molecule has 4 aromatic rings. The molecule has 0 spiro atoms. The SMILES string of the molecule is CCc1ccc2nc(N(CCCn3ccnc3)C(=O)Cc3ccc(OC)c(OC)c3)sc2c1.Cl. The Morgan fingerprint density at radius 2 is 1.88 bits per heavy atom. The number of carbonyl (C=O) groups is 1. The number of nitrogens with zero attached hydrogens (tertiary/aromatic N) is 4. The third kappa shape index (κ3) is 5.87. The van der Waals surface area contributed by atoms with Gasteiger partial charge in [-0.3, -0.25) is 9.69 Å². The number of aryl methyl sites for hydroxylation is 2. The summed E-state index contributed by atoms with van der Waals surface area (Å²) < 4.78 is 13.8. The molecule has 0 saturated heterocycles. The largest absolute Gasteiger partial charge is 0.493 e. The monoisotopic (exact) mass is 500 g/mol. The van der Waals surface area contributed by atoms with Crippen LogP contribution in [0.4, 0.5) is 5.13 Å². The lowest BCUT2D eigenvalue weighted by Gasteiger charge is -2.20. The van der Waals surface area contributed by atoms with E-state index >= 15 is 0 Å². The van der Waals surface area contributed by atoms with Crippen molar-refractivity contribution in [1.29, 1.82) is 0 Å². The van der Waals surface area contributed by atoms with Gasteiger partial charge in [-0.25, -0.2) is 9.97 Å². The smallest absolute Gasteiger partial charge is 0.233 e. The zero-order chi connectivity index (χ0) is 23.2. The Labute approximate surface area is 209 Å². The number of amides is 1. The van der Waals surface area contributed by atoms with Gasteiger partial charge in [0.25, 0.3) is 0 Å². The number of hydrogen-bond donors (Lipinski definition) is 0. The molecule has 1 amide bonds. The lowest BCUT2D eigenvalue weighted by molar-refractivity contribution is -0.118. The molecule has 180 valence electrons. The molecule has 0 radical (unpaired) electrons. The molecule has 2 heterocycles. The van der Waals surface area contributed by atoms with Gasteiger partial charge in [0.1, 0.15) is 0 Å². The second-order valence-electron chi connectivity index (χ2n) is 7.72. The van der Waals surface area contributed by atoms with Crippen LogP contribution in [0.15, 0.2) is 55.1 Å². The van der Waals surface area contributed by atoms with Gasteiger partial charge in [0.05, 0.1) is 37.2 Å². The summed E-state index contributed by atoms with van der Waals surface area (Å²) in [6, 6.07) is 11.9. The molecule has 0 aliphatic carbocycles. The zero-order valence-corrected chi connectivity index (χ0v) is 21.2. The maximum Gasteiger partial charge on any atom is 0.233 e. The van der Waals surface area contributed by atoms with Crippen LogP contribution in [-0.4, -0.2) is 41.2 Å². The molecule has 0 bridgehead atoms. The first-order valence-electron chi connectivity index (χ1n) is 11.0. The van der Waals surface area contributed by atoms with Gasteiger partial charge in [-0.2, -0.15) is 0 Å². The van der Waals surface area contributed by atoms with Crippen molar-refractivity contribution in [2.45, 2.75) is 32.7 Å². The number of halogens is 1. The van der Waals surface area contributed by atoms with Gasteiger partial charge in [-0.1, -0.05) is 30.4 Å². The van der Waals surface area contributed by atoms with Gasteiger partial charge in [0, 0.05) is 25.5 Å². The summed E-state index contributed by atoms with van der Waals surface area (Å²) in [6.45, 7) is 3.49. The summed E-state index contributed by atoms with van der Waals surface area (Å²) in [7, 11) is 3.19. The van der Waals surface area contributed by atoms with Crippen molar-refractivity contribution in [1.82, 2.24) is 14.5 Å². The van der Waals surface area contributed by atoms with Crippen molar-refractivity contribution in [3.05, 3.63) is 66.2 Å². The van der Waals surface area contributed by atoms with Gasteiger partial charge >= 0.3 is 0 Å². The van der Waals surface area contributed by atoms with Crippen molar-refractivity contribution in [2.24, 2.45) is 0 Å². The Balaban J connectivity index is 0.00000324. The molecule has 34 heavy (non-hydrogen) atoms. The average Bonchev–Trinajstić information content (AvgIpc) is 3.50. The first kappa shape index (κ1) is 25.5. The van der Waals surface area contributed by atoms with Crippen LogP contribution in [0.2, 0.25) is 0 Å². The number of ether oxygens (including phenoxy) is 2. The molecule has 9 heteroatoms. The molecule has 0 unspecified atom stereocenters. The van der Waals surface area contributed by atoms with E-state index < -0.39 is 0 Å². The van der Waals surface area contributed by atoms with Crippen LogP contribution in [0.1, 0.15) is 24.5 Å². The molecule has 4 rings (SSSR count). The van der Waals surface area contributed by atoms with E-state index in [9.17, 15) is 4.79 Å². The highest BCUT2D eigenvalue weighted by Gasteiger charge is 2.21. The van der Waals surface area contributed by atoms with Crippen molar-refractivity contribution < 1.29 is 14.3 Å². The Hall–Kier alpha value is -3.10. The van der Waals surface area contributed by atoms with Gasteiger partial charge in [0.2, 0.25) is 5.91 Å². The fourth-order valence-corrected chi connectivity index (χ4v) is 4.78. The molecule has 2 aromatic carbocycles. The van der Waals surface area contributed by atoms with Crippen molar-refractivity contribution in [3.63, 3.8) is 0 Å². The van der Waals surface area contributed by atoms with Crippen LogP contribution in [0.5, 0.6) is 11.5 Å². The van der Waals surface area contributed by atoms with Crippen molar-refractivity contribution in [2.75, 3.05) is 25.7 Å². The van der Waals surface area contributed by atoms with E-state index in [-0.39, 0.29) is 24.7 Å². The van der Waals surface area contributed by atoms with Crippen LogP contribution in [-0.2, 0) is 24.2 Å². The van der Waals surface area contributed by atoms with Crippen LogP contribution in [0.25, 0.3) is 10.2 Å². The Morgan fingerprint density at radius 1 is 1.09 bits per heavy atom. The normalized spacial score (nSPS) is 10.7. The number of benzene rings is 2. The minimum absolute atomic E-state index is 0. The predicted octanol–water partition coefficient (Wildman–Crippen LogP) is 5.16. The van der Waals surface area contributed by atoms with E-state index in [0.29, 0.717) is 18.0 Å². The van der Waals surface area contributed by atoms with E-state index in [1.165, 1.54) is 5.56 Å². The van der Waals surface area contributed by atoms with E-state index in [2.05, 4.69) is 24.0 Å². The lowest BCUT2D eigenvalue weighted by atomic mass is 10.1. The Morgan fingerprint density at radius 3 is 2.59 bits per heavy atom. The molecule has 7 nitrogen and oxygen atoms in total. The number of thiazole rings is 1. The highest BCUT2D eigenvalue weighted by atomic mass is 35.5. The molecular weight excluding hydrogens is 472 g/mol. The minimum Gasteiger partial charge on any atom is -0.493 e. The molecule has 0 aliphatic rings. The van der Waals surface area contributed by atoms with Gasteiger partial charge in [-0.15, -0.1) is 12.4 Å². The van der Waals surface area contributed by atoms with E-state index in [1.54, 1.807) is 38.1 Å². The summed E-state index contributed by atoms with van der Waals surface area (Å²) in [5, 5.41) is 0.731. The quantitative estimate of drug-likeness (QED) is 0.301. The maximum absolute atomic E-state index is 13.5. The Kier molecular flexibility index (Phi) is 8.90. The second kappa shape index (κ2) is 11.9. The number of carbonyl (C=O) groups excluding carboxylic acids is 1. The summed E-state index contributed by atoms with van der Waals surface area (Å²) in [4.78, 5) is 24.2. The van der Waals surface area contributed by atoms with Crippen LogP contribution >= 0.6 is 23.7 Å². The third-order valence-electron chi connectivity index (χ3n) is 5.54. The highest BCUT2D eigenvalue weighted by Crippen LogP contribution is 2.31. The van der Waals surface area contributed by atoms with E-state index in [1.807, 2.05) is 39.9 Å². The zero-order valence-electron chi connectivity index (χ0n) is 19.6. The number of aromatic nitrogens is 3. The molecule has 2 aromatic heterocycles. The number of hydrogen-bond acceptors (Lipinski definition) is 6. The fourth-order valence-electron chi connectivity index (χ4n) is 3.71. The highest BCUT2D eigenvalue weighted by molar-refractivity contribution is 7.22. The van der Waals surface area contributed by atoms with Gasteiger partial charge in [-0.05, 0) is 48.2 Å². The topological polar surface area (TPSA) is 69.5 Å². The first-order valence-corrected chi connectivity index (χ1v) is 11.8. The predicted molar refractivity (Wildman–Crippen MR) is 139 cm³/mol. The molecule has 0 N–H and O–H groups in total. The molecule has 0 aliphatic heterocycles. The summed E-state index contributed by atoms with van der Waals surface area (Å²) in [5.41, 5.74) is 3.05. The molecule has 0 saturated carbocycles. The second-order valence-corrected chi connectivity index (χ2v) is 8.73. The lowest BCUT2D eigenvalue weighted by Crippen LogP contribution is -2.33. The van der Waals surface area contributed by atoms with Crippen LogP contribution < -0.4 is 14.4 Å². The number of rotatable bonds is 10. The average molecular weight is 501 g/mol. The van der Waals surface area contributed by atoms with Crippen LogP contribution in [0.3, 0.4) is 0 Å². The van der Waals surface area contributed by atoms with Crippen LogP contribution in [0, 0.1) is 0 Å². The number of imidazole rings is 1.